The van der Waals surface area contributed by atoms with Crippen LogP contribution in [0.2, 0.25) is 0 Å². The van der Waals surface area contributed by atoms with Gasteiger partial charge in [-0.25, -0.2) is 4.98 Å². The van der Waals surface area contributed by atoms with Gasteiger partial charge >= 0.3 is 0 Å². The number of hydrogen-bond acceptors (Lipinski definition) is 4. The van der Waals surface area contributed by atoms with E-state index in [0.29, 0.717) is 12.3 Å². The minimum absolute atomic E-state index is 0.0907. The number of likely N-dealkylation sites (tertiary alicyclic amines) is 2. The molecule has 126 valence electrons. The molecule has 0 saturated carbocycles. The Kier molecular flexibility index (Phi) is 4.22. The Morgan fingerprint density at radius 3 is 2.71 bits per heavy atom. The van der Waals surface area contributed by atoms with Crippen LogP contribution in [0.5, 0.6) is 0 Å². The Bertz CT molecular complexity index is 731. The highest BCUT2D eigenvalue weighted by molar-refractivity contribution is 7.18. The first-order valence-corrected chi connectivity index (χ1v) is 9.43. The number of fused-ring (bicyclic) bond motifs is 1. The maximum absolute atomic E-state index is 12.4. The third-order valence-electron chi connectivity index (χ3n) is 5.00. The highest BCUT2D eigenvalue weighted by Gasteiger charge is 2.29. The van der Waals surface area contributed by atoms with Crippen LogP contribution >= 0.6 is 11.3 Å². The Labute approximate surface area is 145 Å². The largest absolute Gasteiger partial charge is 0.341 e. The number of nitrogens with zero attached hydrogens (tertiary/aromatic N) is 3. The summed E-state index contributed by atoms with van der Waals surface area (Å²) in [6, 6.07) is 8.24. The molecule has 24 heavy (non-hydrogen) atoms. The molecule has 0 atom stereocenters. The molecule has 6 heteroatoms. The van der Waals surface area contributed by atoms with Crippen molar-refractivity contribution < 1.29 is 9.59 Å². The predicted molar refractivity (Wildman–Crippen MR) is 94.0 cm³/mol. The normalized spacial score (nSPS) is 19.4. The number of rotatable bonds is 3. The van der Waals surface area contributed by atoms with E-state index in [1.165, 1.54) is 9.71 Å². The van der Waals surface area contributed by atoms with Crippen molar-refractivity contribution in [3.63, 3.8) is 0 Å². The lowest BCUT2D eigenvalue weighted by atomic mass is 9.97. The second-order valence-corrected chi connectivity index (χ2v) is 7.66. The summed E-state index contributed by atoms with van der Waals surface area (Å²) >= 11 is 1.77. The highest BCUT2D eigenvalue weighted by Crippen LogP contribution is 2.33. The van der Waals surface area contributed by atoms with Crippen molar-refractivity contribution in [3.05, 3.63) is 29.3 Å². The zero-order valence-electron chi connectivity index (χ0n) is 13.6. The molecular weight excluding hydrogens is 322 g/mol. The minimum Gasteiger partial charge on any atom is -0.341 e. The average molecular weight is 343 g/mol. The SMILES string of the molecule is O=C(CN1CCCC1=O)N1CCC(c2nc3ccccc3s2)CC1. The molecule has 0 unspecified atom stereocenters. The number of hydrogen-bond donors (Lipinski definition) is 0. The summed E-state index contributed by atoms with van der Waals surface area (Å²) < 4.78 is 1.23. The van der Waals surface area contributed by atoms with Gasteiger partial charge in [0, 0.05) is 32.0 Å². The van der Waals surface area contributed by atoms with Gasteiger partial charge in [-0.1, -0.05) is 12.1 Å². The van der Waals surface area contributed by atoms with Crippen LogP contribution in [0, 0.1) is 0 Å². The van der Waals surface area contributed by atoms with Gasteiger partial charge < -0.3 is 9.80 Å². The molecule has 4 rings (SSSR count). The van der Waals surface area contributed by atoms with Gasteiger partial charge in [0.2, 0.25) is 11.8 Å². The van der Waals surface area contributed by atoms with Gasteiger partial charge in [-0.05, 0) is 31.4 Å². The predicted octanol–water partition coefficient (Wildman–Crippen LogP) is 2.62. The van der Waals surface area contributed by atoms with Crippen LogP contribution in [0.15, 0.2) is 24.3 Å². The topological polar surface area (TPSA) is 53.5 Å². The summed E-state index contributed by atoms with van der Waals surface area (Å²) in [4.78, 5) is 32.4. The van der Waals surface area contributed by atoms with Crippen LogP contribution in [0.4, 0.5) is 0 Å². The summed E-state index contributed by atoms with van der Waals surface area (Å²) in [5.41, 5.74) is 1.07. The van der Waals surface area contributed by atoms with Crippen LogP contribution in [0.1, 0.15) is 36.6 Å². The number of aromatic nitrogens is 1. The molecule has 2 saturated heterocycles. The van der Waals surface area contributed by atoms with Crippen molar-refractivity contribution in [1.82, 2.24) is 14.8 Å². The molecule has 5 nitrogen and oxygen atoms in total. The third kappa shape index (κ3) is 3.02. The lowest BCUT2D eigenvalue weighted by Crippen LogP contribution is -2.44. The van der Waals surface area contributed by atoms with E-state index in [1.54, 1.807) is 16.2 Å². The third-order valence-corrected chi connectivity index (χ3v) is 6.20. The van der Waals surface area contributed by atoms with Gasteiger partial charge in [0.25, 0.3) is 0 Å². The summed E-state index contributed by atoms with van der Waals surface area (Å²) in [6.07, 6.45) is 3.39. The first kappa shape index (κ1) is 15.6. The monoisotopic (exact) mass is 343 g/mol. The Hall–Kier alpha value is -1.95. The van der Waals surface area contributed by atoms with E-state index in [2.05, 4.69) is 12.1 Å². The molecule has 2 aliphatic rings. The lowest BCUT2D eigenvalue weighted by molar-refractivity contribution is -0.139. The summed E-state index contributed by atoms with van der Waals surface area (Å²) in [7, 11) is 0. The van der Waals surface area contributed by atoms with Crippen LogP contribution in [0.25, 0.3) is 10.2 Å². The molecule has 1 aromatic heterocycles. The van der Waals surface area contributed by atoms with E-state index >= 15 is 0 Å². The van der Waals surface area contributed by atoms with E-state index < -0.39 is 0 Å². The molecule has 2 aromatic rings. The number of piperidine rings is 1. The van der Waals surface area contributed by atoms with Gasteiger partial charge in [0.15, 0.2) is 0 Å². The number of carbonyl (C=O) groups is 2. The molecule has 0 N–H and O–H groups in total. The van der Waals surface area contributed by atoms with Crippen molar-refractivity contribution in [2.75, 3.05) is 26.2 Å². The number of thiazole rings is 1. The lowest BCUT2D eigenvalue weighted by Gasteiger charge is -2.32. The Morgan fingerprint density at radius 1 is 1.21 bits per heavy atom. The summed E-state index contributed by atoms with van der Waals surface area (Å²) in [6.45, 7) is 2.51. The molecule has 0 aliphatic carbocycles. The van der Waals surface area contributed by atoms with Crippen molar-refractivity contribution in [2.45, 2.75) is 31.6 Å². The molecule has 2 fully saturated rings. The van der Waals surface area contributed by atoms with Crippen LogP contribution < -0.4 is 0 Å². The molecule has 0 spiro atoms. The Morgan fingerprint density at radius 2 is 2.00 bits per heavy atom. The molecular formula is C18H21N3O2S. The molecule has 0 radical (unpaired) electrons. The second kappa shape index (κ2) is 6.51. The number of amides is 2. The van der Waals surface area contributed by atoms with Gasteiger partial charge in [0.05, 0.1) is 21.8 Å². The van der Waals surface area contributed by atoms with Crippen LogP contribution in [-0.4, -0.2) is 52.8 Å². The molecule has 1 aromatic carbocycles. The van der Waals surface area contributed by atoms with Crippen LogP contribution in [-0.2, 0) is 9.59 Å². The molecule has 2 amide bonds. The van der Waals surface area contributed by atoms with E-state index in [0.717, 1.165) is 44.4 Å². The average Bonchev–Trinajstić information content (AvgIpc) is 3.21. The fraction of sp³-hybridized carbons (Fsp3) is 0.500. The summed E-state index contributed by atoms with van der Waals surface area (Å²) in [5.74, 6) is 0.653. The highest BCUT2D eigenvalue weighted by atomic mass is 32.1. The van der Waals surface area contributed by atoms with E-state index in [4.69, 9.17) is 4.98 Å². The van der Waals surface area contributed by atoms with Crippen molar-refractivity contribution >= 4 is 33.4 Å². The van der Waals surface area contributed by atoms with Crippen molar-refractivity contribution in [1.29, 1.82) is 0 Å². The maximum atomic E-state index is 12.4. The fourth-order valence-corrected chi connectivity index (χ4v) is 4.71. The molecule has 2 aliphatic heterocycles. The standard InChI is InChI=1S/C18H21N3O2S/c22-16-6-3-9-21(16)12-17(23)20-10-7-13(8-11-20)18-19-14-4-1-2-5-15(14)24-18/h1-2,4-5,13H,3,6-12H2. The van der Waals surface area contributed by atoms with Crippen LogP contribution in [0.3, 0.4) is 0 Å². The first-order valence-electron chi connectivity index (χ1n) is 8.62. The molecule has 0 bridgehead atoms. The second-order valence-electron chi connectivity index (χ2n) is 6.59. The maximum Gasteiger partial charge on any atom is 0.242 e. The smallest absolute Gasteiger partial charge is 0.242 e. The van der Waals surface area contributed by atoms with E-state index in [9.17, 15) is 9.59 Å². The number of carbonyl (C=O) groups excluding carboxylic acids is 2. The van der Waals surface area contributed by atoms with E-state index in [1.807, 2.05) is 17.0 Å². The number of para-hydroxylation sites is 1. The van der Waals surface area contributed by atoms with Crippen molar-refractivity contribution in [2.24, 2.45) is 0 Å². The number of benzene rings is 1. The quantitative estimate of drug-likeness (QED) is 0.861. The van der Waals surface area contributed by atoms with E-state index in [-0.39, 0.29) is 18.4 Å². The first-order chi connectivity index (χ1) is 11.7. The van der Waals surface area contributed by atoms with Gasteiger partial charge in [-0.2, -0.15) is 0 Å². The zero-order valence-corrected chi connectivity index (χ0v) is 14.4. The fourth-order valence-electron chi connectivity index (χ4n) is 3.57. The van der Waals surface area contributed by atoms with Gasteiger partial charge in [0.1, 0.15) is 0 Å². The van der Waals surface area contributed by atoms with Gasteiger partial charge in [-0.3, -0.25) is 9.59 Å². The van der Waals surface area contributed by atoms with Gasteiger partial charge in [-0.15, -0.1) is 11.3 Å². The molecule has 3 heterocycles. The minimum atomic E-state index is 0.0907. The van der Waals surface area contributed by atoms with Crippen molar-refractivity contribution in [3.8, 4) is 0 Å². The summed E-state index contributed by atoms with van der Waals surface area (Å²) in [5, 5.41) is 1.19. The zero-order chi connectivity index (χ0) is 16.5. The Balaban J connectivity index is 1.36.